The Labute approximate surface area is 189 Å². The number of thiophene rings is 1. The zero-order valence-electron chi connectivity index (χ0n) is 16.7. The van der Waals surface area contributed by atoms with Gasteiger partial charge in [-0.25, -0.2) is 9.97 Å². The summed E-state index contributed by atoms with van der Waals surface area (Å²) in [6, 6.07) is 5.30. The van der Waals surface area contributed by atoms with Gasteiger partial charge in [0.05, 0.1) is 11.9 Å². The Hall–Kier alpha value is -2.19. The molecule has 0 spiro atoms. The van der Waals surface area contributed by atoms with Gasteiger partial charge in [-0.05, 0) is 44.3 Å². The Morgan fingerprint density at radius 2 is 2.03 bits per heavy atom. The SMILES string of the molecule is CN(C)C/C=C/C(=O)N1CCc2c(sc3ncnc(Nc4cc(Cl)cc(Cl)c4)c23)C1. The molecule has 0 bridgehead atoms. The number of benzene rings is 1. The van der Waals surface area contributed by atoms with Crippen LogP contribution in [-0.4, -0.2) is 52.9 Å². The lowest BCUT2D eigenvalue weighted by Crippen LogP contribution is -2.34. The van der Waals surface area contributed by atoms with Crippen molar-refractivity contribution in [3.8, 4) is 0 Å². The van der Waals surface area contributed by atoms with E-state index in [1.165, 1.54) is 5.56 Å². The van der Waals surface area contributed by atoms with Crippen LogP contribution in [0.15, 0.2) is 36.7 Å². The van der Waals surface area contributed by atoms with Gasteiger partial charge in [0.25, 0.3) is 0 Å². The highest BCUT2D eigenvalue weighted by molar-refractivity contribution is 7.19. The second kappa shape index (κ2) is 8.89. The van der Waals surface area contributed by atoms with E-state index in [-0.39, 0.29) is 5.91 Å². The second-order valence-corrected chi connectivity index (χ2v) is 9.32. The summed E-state index contributed by atoms with van der Waals surface area (Å²) in [6.07, 6.45) is 5.87. The topological polar surface area (TPSA) is 61.4 Å². The first-order valence-corrected chi connectivity index (χ1v) is 11.1. The summed E-state index contributed by atoms with van der Waals surface area (Å²) in [5, 5.41) is 5.44. The van der Waals surface area contributed by atoms with Crippen molar-refractivity contribution in [1.29, 1.82) is 0 Å². The molecule has 0 unspecified atom stereocenters. The van der Waals surface area contributed by atoms with Gasteiger partial charge in [-0.2, -0.15) is 0 Å². The quantitative estimate of drug-likeness (QED) is 0.555. The van der Waals surface area contributed by atoms with Crippen LogP contribution in [0.1, 0.15) is 10.4 Å². The summed E-state index contributed by atoms with van der Waals surface area (Å²) >= 11 is 13.9. The highest BCUT2D eigenvalue weighted by atomic mass is 35.5. The molecule has 1 aliphatic heterocycles. The van der Waals surface area contributed by atoms with Crippen molar-refractivity contribution >= 4 is 62.2 Å². The minimum Gasteiger partial charge on any atom is -0.339 e. The first-order valence-electron chi connectivity index (χ1n) is 9.49. The molecule has 0 saturated heterocycles. The van der Waals surface area contributed by atoms with Gasteiger partial charge < -0.3 is 15.1 Å². The predicted molar refractivity (Wildman–Crippen MR) is 124 cm³/mol. The van der Waals surface area contributed by atoms with Gasteiger partial charge in [-0.3, -0.25) is 4.79 Å². The number of hydrogen-bond acceptors (Lipinski definition) is 6. The van der Waals surface area contributed by atoms with Gasteiger partial charge >= 0.3 is 0 Å². The Bertz CT molecular complexity index is 1110. The van der Waals surface area contributed by atoms with E-state index < -0.39 is 0 Å². The third-order valence-corrected chi connectivity index (χ3v) is 6.37. The molecule has 0 saturated carbocycles. The van der Waals surface area contributed by atoms with Gasteiger partial charge in [0, 0.05) is 39.8 Å². The van der Waals surface area contributed by atoms with Crippen molar-refractivity contribution in [2.24, 2.45) is 0 Å². The van der Waals surface area contributed by atoms with E-state index in [1.807, 2.05) is 30.0 Å². The molecule has 3 aromatic rings. The van der Waals surface area contributed by atoms with E-state index in [4.69, 9.17) is 23.2 Å². The van der Waals surface area contributed by atoms with Crippen molar-refractivity contribution in [2.45, 2.75) is 13.0 Å². The largest absolute Gasteiger partial charge is 0.339 e. The molecule has 1 aliphatic rings. The molecule has 0 atom stereocenters. The summed E-state index contributed by atoms with van der Waals surface area (Å²) in [5.41, 5.74) is 1.97. The number of amides is 1. The van der Waals surface area contributed by atoms with Crippen molar-refractivity contribution in [1.82, 2.24) is 19.8 Å². The van der Waals surface area contributed by atoms with Crippen molar-refractivity contribution in [2.75, 3.05) is 32.5 Å². The average Bonchev–Trinajstić information content (AvgIpc) is 3.05. The number of carbonyl (C=O) groups excluding carboxylic acids is 1. The molecular weight excluding hydrogens is 441 g/mol. The number of carbonyl (C=O) groups is 1. The van der Waals surface area contributed by atoms with Crippen LogP contribution >= 0.6 is 34.5 Å². The Morgan fingerprint density at radius 1 is 1.27 bits per heavy atom. The summed E-state index contributed by atoms with van der Waals surface area (Å²) in [5.74, 6) is 0.763. The number of nitrogens with one attached hydrogen (secondary N) is 1. The Morgan fingerprint density at radius 3 is 2.77 bits per heavy atom. The van der Waals surface area contributed by atoms with Crippen molar-refractivity contribution < 1.29 is 4.79 Å². The fourth-order valence-electron chi connectivity index (χ4n) is 3.44. The van der Waals surface area contributed by atoms with Gasteiger partial charge in [0.2, 0.25) is 5.91 Å². The first kappa shape index (κ1) is 21.1. The van der Waals surface area contributed by atoms with Gasteiger partial charge in [0.1, 0.15) is 17.0 Å². The number of nitrogens with zero attached hydrogens (tertiary/aromatic N) is 4. The summed E-state index contributed by atoms with van der Waals surface area (Å²) in [4.78, 5) is 27.4. The summed E-state index contributed by atoms with van der Waals surface area (Å²) in [6.45, 7) is 2.00. The van der Waals surface area contributed by atoms with Crippen LogP contribution in [0, 0.1) is 0 Å². The zero-order valence-corrected chi connectivity index (χ0v) is 19.0. The third kappa shape index (κ3) is 4.59. The molecule has 6 nitrogen and oxygen atoms in total. The van der Waals surface area contributed by atoms with Gasteiger partial charge in [-0.1, -0.05) is 29.3 Å². The standard InChI is InChI=1S/C21H21Cl2N5OS/c1-27(2)6-3-4-18(29)28-7-5-16-17(11-28)30-21-19(16)20(24-12-25-21)26-15-9-13(22)8-14(23)10-15/h3-4,8-10,12H,5-7,11H2,1-2H3,(H,24,25,26)/b4-3+. The molecule has 1 N–H and O–H groups in total. The van der Waals surface area contributed by atoms with E-state index in [1.54, 1.807) is 41.9 Å². The monoisotopic (exact) mass is 461 g/mol. The van der Waals surface area contributed by atoms with Crippen LogP contribution < -0.4 is 5.32 Å². The molecule has 156 valence electrons. The van der Waals surface area contributed by atoms with Crippen LogP contribution in [0.5, 0.6) is 0 Å². The first-order chi connectivity index (χ1) is 14.4. The fourth-order valence-corrected chi connectivity index (χ4v) is 5.17. The molecular formula is C21H21Cl2N5OS. The Kier molecular flexibility index (Phi) is 6.24. The maximum absolute atomic E-state index is 12.5. The molecule has 0 fully saturated rings. The number of fused-ring (bicyclic) bond motifs is 3. The molecule has 2 aromatic heterocycles. The van der Waals surface area contributed by atoms with Crippen LogP contribution in [0.2, 0.25) is 10.0 Å². The maximum Gasteiger partial charge on any atom is 0.246 e. The van der Waals surface area contributed by atoms with Gasteiger partial charge in [-0.15, -0.1) is 11.3 Å². The molecule has 4 rings (SSSR count). The number of anilines is 2. The van der Waals surface area contributed by atoms with Crippen LogP contribution in [-0.2, 0) is 17.8 Å². The van der Waals surface area contributed by atoms with Crippen LogP contribution in [0.4, 0.5) is 11.5 Å². The predicted octanol–water partition coefficient (Wildman–Crippen LogP) is 4.74. The molecule has 1 amide bonds. The lowest BCUT2D eigenvalue weighted by Gasteiger charge is -2.26. The molecule has 0 radical (unpaired) electrons. The van der Waals surface area contributed by atoms with E-state index in [0.717, 1.165) is 39.6 Å². The summed E-state index contributed by atoms with van der Waals surface area (Å²) < 4.78 is 0. The molecule has 0 aliphatic carbocycles. The summed E-state index contributed by atoms with van der Waals surface area (Å²) in [7, 11) is 3.95. The third-order valence-electron chi connectivity index (χ3n) is 4.80. The number of halogens is 2. The minimum absolute atomic E-state index is 0.0398. The maximum atomic E-state index is 12.5. The van der Waals surface area contributed by atoms with Crippen molar-refractivity contribution in [3.05, 3.63) is 57.2 Å². The highest BCUT2D eigenvalue weighted by Crippen LogP contribution is 2.38. The minimum atomic E-state index is 0.0398. The smallest absolute Gasteiger partial charge is 0.246 e. The van der Waals surface area contributed by atoms with Crippen LogP contribution in [0.3, 0.4) is 0 Å². The number of likely N-dealkylation sites (N-methyl/N-ethyl adjacent to an activating group) is 1. The lowest BCUT2D eigenvalue weighted by molar-refractivity contribution is -0.126. The second-order valence-electron chi connectivity index (χ2n) is 7.36. The van der Waals surface area contributed by atoms with Gasteiger partial charge in [0.15, 0.2) is 0 Å². The number of hydrogen-bond donors (Lipinski definition) is 1. The van der Waals surface area contributed by atoms with Crippen molar-refractivity contribution in [3.63, 3.8) is 0 Å². The Balaban J connectivity index is 1.60. The highest BCUT2D eigenvalue weighted by Gasteiger charge is 2.25. The van der Waals surface area contributed by atoms with E-state index >= 15 is 0 Å². The lowest BCUT2D eigenvalue weighted by atomic mass is 10.0. The molecule has 30 heavy (non-hydrogen) atoms. The van der Waals surface area contributed by atoms with E-state index in [9.17, 15) is 4.79 Å². The molecule has 3 heterocycles. The molecule has 9 heteroatoms. The normalized spacial score (nSPS) is 14.0. The average molecular weight is 462 g/mol. The zero-order chi connectivity index (χ0) is 21.3. The molecule has 1 aromatic carbocycles. The van der Waals surface area contributed by atoms with E-state index in [2.05, 4.69) is 15.3 Å². The van der Waals surface area contributed by atoms with Crippen LogP contribution in [0.25, 0.3) is 10.2 Å². The van der Waals surface area contributed by atoms with E-state index in [0.29, 0.717) is 23.1 Å². The number of aromatic nitrogens is 2. The number of rotatable bonds is 5. The fraction of sp³-hybridized carbons (Fsp3) is 0.286.